The highest BCUT2D eigenvalue weighted by molar-refractivity contribution is 9.11. The number of methoxy groups -OCH3 is 1. The van der Waals surface area contributed by atoms with Gasteiger partial charge < -0.3 is 4.74 Å². The van der Waals surface area contributed by atoms with Crippen LogP contribution in [0.5, 0.6) is 0 Å². The van der Waals surface area contributed by atoms with Crippen LogP contribution in [0.25, 0.3) is 0 Å². The van der Waals surface area contributed by atoms with E-state index in [1.165, 1.54) is 0 Å². The van der Waals surface area contributed by atoms with E-state index in [1.54, 1.807) is 0 Å². The van der Waals surface area contributed by atoms with E-state index >= 15 is 0 Å². The van der Waals surface area contributed by atoms with E-state index in [-0.39, 0.29) is 8.66 Å². The Morgan fingerprint density at radius 1 is 1.64 bits per heavy atom. The van der Waals surface area contributed by atoms with Gasteiger partial charge in [0.1, 0.15) is 9.77 Å². The van der Waals surface area contributed by atoms with E-state index in [9.17, 15) is 17.1 Å². The lowest BCUT2D eigenvalue weighted by atomic mass is 10.5. The number of carbonyl (C=O) groups excluding carboxylic acids is 1. The van der Waals surface area contributed by atoms with Crippen LogP contribution >= 0.6 is 27.3 Å². The number of hydrogen-bond donors (Lipinski definition) is 0. The maximum absolute atomic E-state index is 12.6. The highest BCUT2D eigenvalue weighted by Crippen LogP contribution is 2.32. The first-order chi connectivity index (χ1) is 6.36. The van der Waals surface area contributed by atoms with Crippen molar-refractivity contribution in [3.63, 3.8) is 0 Å². The van der Waals surface area contributed by atoms with Crippen molar-refractivity contribution in [2.45, 2.75) is 4.90 Å². The van der Waals surface area contributed by atoms with Gasteiger partial charge in [0.25, 0.3) is 0 Å². The van der Waals surface area contributed by atoms with Crippen molar-refractivity contribution in [3.8, 4) is 0 Å². The van der Waals surface area contributed by atoms with Crippen molar-refractivity contribution in [2.24, 2.45) is 0 Å². The molecule has 0 unspecified atom stereocenters. The molecule has 0 saturated carbocycles. The van der Waals surface area contributed by atoms with Gasteiger partial charge in [0, 0.05) is 0 Å². The molecule has 0 fully saturated rings. The quantitative estimate of drug-likeness (QED) is 0.619. The molecule has 1 aromatic rings. The number of hydrogen-bond acceptors (Lipinski definition) is 5. The molecule has 4 nitrogen and oxygen atoms in total. The molecule has 0 N–H and O–H groups in total. The Labute approximate surface area is 92.0 Å². The molecule has 1 heterocycles. The molecule has 14 heavy (non-hydrogen) atoms. The van der Waals surface area contributed by atoms with Gasteiger partial charge in [-0.1, -0.05) is 0 Å². The first-order valence-corrected chi connectivity index (χ1v) is 6.18. The minimum absolute atomic E-state index is 0.0237. The smallest absolute Gasteiger partial charge is 0.348 e. The second-order valence-corrected chi connectivity index (χ2v) is 5.86. The second-order valence-electron chi connectivity index (χ2n) is 2.18. The fraction of sp³-hybridized carbons (Fsp3) is 0.167. The predicted molar refractivity (Wildman–Crippen MR) is 51.7 cm³/mol. The van der Waals surface area contributed by atoms with Gasteiger partial charge in [0.2, 0.25) is 0 Å². The van der Waals surface area contributed by atoms with Gasteiger partial charge in [-0.25, -0.2) is 4.79 Å². The van der Waals surface area contributed by atoms with E-state index in [4.69, 9.17) is 0 Å². The van der Waals surface area contributed by atoms with Crippen LogP contribution in [0.3, 0.4) is 0 Å². The summed E-state index contributed by atoms with van der Waals surface area (Å²) in [5.41, 5.74) is 0. The third kappa shape index (κ3) is 2.31. The van der Waals surface area contributed by atoms with Crippen molar-refractivity contribution >= 4 is 43.5 Å². The number of ether oxygens (including phenoxy) is 1. The summed E-state index contributed by atoms with van der Waals surface area (Å²) in [5.74, 6) is -0.703. The minimum atomic E-state index is -4.80. The van der Waals surface area contributed by atoms with Gasteiger partial charge >= 0.3 is 16.2 Å². The summed E-state index contributed by atoms with van der Waals surface area (Å²) in [4.78, 5) is 10.4. The van der Waals surface area contributed by atoms with Gasteiger partial charge in [-0.05, 0) is 22.0 Å². The van der Waals surface area contributed by atoms with E-state index in [2.05, 4.69) is 20.7 Å². The van der Waals surface area contributed by atoms with Crippen molar-refractivity contribution in [1.29, 1.82) is 0 Å². The average molecular weight is 303 g/mol. The molecule has 1 aromatic heterocycles. The molecule has 8 heteroatoms. The van der Waals surface area contributed by atoms with Gasteiger partial charge in [-0.3, -0.25) is 0 Å². The van der Waals surface area contributed by atoms with Crippen LogP contribution in [0.2, 0.25) is 0 Å². The molecule has 0 atom stereocenters. The van der Waals surface area contributed by atoms with Crippen LogP contribution in [0, 0.1) is 0 Å². The molecular formula is C6H4BrFO4S2. The Hall–Kier alpha value is -0.470. The van der Waals surface area contributed by atoms with E-state index in [1.807, 2.05) is 0 Å². The fourth-order valence-corrected chi connectivity index (χ4v) is 3.58. The third-order valence-corrected chi connectivity index (χ3v) is 4.36. The number of thiophene rings is 1. The van der Waals surface area contributed by atoms with Gasteiger partial charge in [0.15, 0.2) is 0 Å². The summed E-state index contributed by atoms with van der Waals surface area (Å²) >= 11 is 3.64. The van der Waals surface area contributed by atoms with Crippen LogP contribution < -0.4 is 0 Å². The summed E-state index contributed by atoms with van der Waals surface area (Å²) in [6, 6.07) is 0.927. The molecule has 0 saturated heterocycles. The zero-order valence-electron chi connectivity index (χ0n) is 6.78. The summed E-state index contributed by atoms with van der Waals surface area (Å²) in [5, 5.41) is 0. The minimum Gasteiger partial charge on any atom is -0.465 e. The molecular weight excluding hydrogens is 299 g/mol. The zero-order chi connectivity index (χ0) is 10.9. The van der Waals surface area contributed by atoms with Crippen LogP contribution in [-0.4, -0.2) is 21.5 Å². The lowest BCUT2D eigenvalue weighted by Gasteiger charge is -1.90. The van der Waals surface area contributed by atoms with Crippen molar-refractivity contribution in [3.05, 3.63) is 14.7 Å². The molecule has 0 aliphatic rings. The zero-order valence-corrected chi connectivity index (χ0v) is 10.0. The predicted octanol–water partition coefficient (Wildman–Crippen LogP) is 1.96. The molecule has 1 rings (SSSR count). The van der Waals surface area contributed by atoms with Crippen LogP contribution in [0.15, 0.2) is 14.7 Å². The van der Waals surface area contributed by atoms with Gasteiger partial charge in [0.05, 0.1) is 10.9 Å². The van der Waals surface area contributed by atoms with Crippen molar-refractivity contribution in [2.75, 3.05) is 7.11 Å². The molecule has 0 radical (unpaired) electrons. The van der Waals surface area contributed by atoms with Gasteiger partial charge in [-0.15, -0.1) is 15.2 Å². The third-order valence-electron chi connectivity index (χ3n) is 1.30. The summed E-state index contributed by atoms with van der Waals surface area (Å²) < 4.78 is 38.0. The normalized spacial score (nSPS) is 11.4. The number of rotatable bonds is 2. The SMILES string of the molecule is COC(=O)c1cc(S(=O)(=O)F)c(Br)s1. The Bertz CT molecular complexity index is 464. The maximum atomic E-state index is 12.6. The van der Waals surface area contributed by atoms with Crippen molar-refractivity contribution < 1.29 is 21.8 Å². The Morgan fingerprint density at radius 2 is 2.21 bits per heavy atom. The molecule has 0 aliphatic carbocycles. The summed E-state index contributed by atoms with van der Waals surface area (Å²) in [7, 11) is -3.65. The highest BCUT2D eigenvalue weighted by Gasteiger charge is 2.22. The van der Waals surface area contributed by atoms with E-state index in [0.29, 0.717) is 0 Å². The Kier molecular flexibility index (Phi) is 3.28. The molecule has 0 spiro atoms. The van der Waals surface area contributed by atoms with Gasteiger partial charge in [-0.2, -0.15) is 8.42 Å². The molecule has 78 valence electrons. The lowest BCUT2D eigenvalue weighted by Crippen LogP contribution is -1.97. The maximum Gasteiger partial charge on any atom is 0.348 e. The van der Waals surface area contributed by atoms with Crippen LogP contribution in [-0.2, 0) is 15.0 Å². The second kappa shape index (κ2) is 3.95. The molecule has 0 aliphatic heterocycles. The average Bonchev–Trinajstić information content (AvgIpc) is 2.45. The van der Waals surface area contributed by atoms with E-state index in [0.717, 1.165) is 24.5 Å². The van der Waals surface area contributed by atoms with E-state index < -0.39 is 21.1 Å². The molecule has 0 bridgehead atoms. The topological polar surface area (TPSA) is 60.4 Å². The summed E-state index contributed by atoms with van der Waals surface area (Å²) in [6.07, 6.45) is 0. The fourth-order valence-electron chi connectivity index (χ4n) is 0.720. The summed E-state index contributed by atoms with van der Waals surface area (Å²) in [6.45, 7) is 0. The molecule has 0 aromatic carbocycles. The van der Waals surface area contributed by atoms with Crippen molar-refractivity contribution in [1.82, 2.24) is 0 Å². The first kappa shape index (κ1) is 11.6. The molecule has 0 amide bonds. The largest absolute Gasteiger partial charge is 0.465 e. The number of esters is 1. The first-order valence-electron chi connectivity index (χ1n) is 3.18. The lowest BCUT2D eigenvalue weighted by molar-refractivity contribution is 0.0606. The standard InChI is InChI=1S/C6H4BrFO4S2/c1-12-6(9)3-2-4(5(7)13-3)14(8,10)11/h2H,1H3. The highest BCUT2D eigenvalue weighted by atomic mass is 79.9. The van der Waals surface area contributed by atoms with Crippen LogP contribution in [0.4, 0.5) is 3.89 Å². The number of carbonyl (C=O) groups is 1. The Morgan fingerprint density at radius 3 is 2.57 bits per heavy atom. The number of halogens is 2. The monoisotopic (exact) mass is 302 g/mol. The van der Waals surface area contributed by atoms with Crippen LogP contribution in [0.1, 0.15) is 9.67 Å². The Balaban J connectivity index is 3.25.